The summed E-state index contributed by atoms with van der Waals surface area (Å²) >= 11 is 0. The van der Waals surface area contributed by atoms with Crippen molar-refractivity contribution in [2.75, 3.05) is 26.2 Å². The lowest BCUT2D eigenvalue weighted by Gasteiger charge is -2.41. The average Bonchev–Trinajstić information content (AvgIpc) is 2.31. The quantitative estimate of drug-likeness (QED) is 0.718. The second kappa shape index (κ2) is 8.26. The molecule has 0 spiro atoms. The van der Waals surface area contributed by atoms with Crippen LogP contribution in [0.1, 0.15) is 66.7 Å². The van der Waals surface area contributed by atoms with Crippen LogP contribution in [0.5, 0.6) is 0 Å². The first kappa shape index (κ1) is 17.0. The van der Waals surface area contributed by atoms with Crippen molar-refractivity contribution in [2.45, 2.75) is 72.8 Å². The van der Waals surface area contributed by atoms with Gasteiger partial charge in [0.25, 0.3) is 0 Å². The van der Waals surface area contributed by atoms with E-state index in [1.807, 2.05) is 0 Å². The Balaban J connectivity index is 2.40. The predicted octanol–water partition coefficient (Wildman–Crippen LogP) is 3.91. The molecule has 0 amide bonds. The highest BCUT2D eigenvalue weighted by atomic mass is 15.2. The fraction of sp³-hybridized carbons (Fsp3) is 1.00. The Morgan fingerprint density at radius 2 is 2.00 bits per heavy atom. The topological polar surface area (TPSA) is 15.3 Å². The smallest absolute Gasteiger partial charge is 0.00954 e. The van der Waals surface area contributed by atoms with Gasteiger partial charge in [0.15, 0.2) is 0 Å². The maximum absolute atomic E-state index is 3.63. The zero-order valence-corrected chi connectivity index (χ0v) is 14.0. The van der Waals surface area contributed by atoms with Crippen LogP contribution in [0.15, 0.2) is 0 Å². The molecule has 1 unspecified atom stereocenters. The lowest BCUT2D eigenvalue weighted by atomic mass is 9.89. The van der Waals surface area contributed by atoms with Crippen molar-refractivity contribution in [2.24, 2.45) is 11.3 Å². The number of hydrogen-bond donors (Lipinski definition) is 1. The molecule has 1 aliphatic heterocycles. The lowest BCUT2D eigenvalue weighted by Crippen LogP contribution is -2.47. The second-order valence-corrected chi connectivity index (χ2v) is 7.60. The van der Waals surface area contributed by atoms with Gasteiger partial charge in [-0.3, -0.25) is 4.90 Å². The molecule has 1 aliphatic rings. The maximum Gasteiger partial charge on any atom is 0.00954 e. The van der Waals surface area contributed by atoms with Gasteiger partial charge in [0, 0.05) is 19.1 Å². The Morgan fingerprint density at radius 1 is 1.26 bits per heavy atom. The van der Waals surface area contributed by atoms with Crippen LogP contribution >= 0.6 is 0 Å². The van der Waals surface area contributed by atoms with Crippen LogP contribution in [0.4, 0.5) is 0 Å². The Morgan fingerprint density at radius 3 is 2.63 bits per heavy atom. The van der Waals surface area contributed by atoms with Crippen molar-refractivity contribution in [1.82, 2.24) is 10.2 Å². The monoisotopic (exact) mass is 268 g/mol. The van der Waals surface area contributed by atoms with E-state index in [9.17, 15) is 0 Å². The fourth-order valence-electron chi connectivity index (χ4n) is 3.23. The minimum atomic E-state index is 0.387. The summed E-state index contributed by atoms with van der Waals surface area (Å²) < 4.78 is 0. The molecule has 1 saturated heterocycles. The Hall–Kier alpha value is -0.0800. The minimum absolute atomic E-state index is 0.387. The van der Waals surface area contributed by atoms with E-state index in [1.165, 1.54) is 45.2 Å². The van der Waals surface area contributed by atoms with Crippen LogP contribution in [0.3, 0.4) is 0 Å². The lowest BCUT2D eigenvalue weighted by molar-refractivity contribution is 0.0893. The van der Waals surface area contributed by atoms with Gasteiger partial charge in [0.05, 0.1) is 0 Å². The highest BCUT2D eigenvalue weighted by molar-refractivity contribution is 4.83. The van der Waals surface area contributed by atoms with E-state index < -0.39 is 0 Å². The molecule has 19 heavy (non-hydrogen) atoms. The number of rotatable bonds is 8. The molecule has 2 heteroatoms. The van der Waals surface area contributed by atoms with Crippen molar-refractivity contribution in [3.63, 3.8) is 0 Å². The molecule has 1 heterocycles. The van der Waals surface area contributed by atoms with Crippen molar-refractivity contribution < 1.29 is 0 Å². The highest BCUT2D eigenvalue weighted by Gasteiger charge is 2.27. The van der Waals surface area contributed by atoms with E-state index in [0.29, 0.717) is 5.41 Å². The maximum atomic E-state index is 3.63. The van der Waals surface area contributed by atoms with Crippen molar-refractivity contribution in [3.8, 4) is 0 Å². The van der Waals surface area contributed by atoms with Gasteiger partial charge in [0.1, 0.15) is 0 Å². The van der Waals surface area contributed by atoms with E-state index in [-0.39, 0.29) is 0 Å². The number of piperidine rings is 1. The largest absolute Gasteiger partial charge is 0.316 e. The van der Waals surface area contributed by atoms with Crippen molar-refractivity contribution in [1.29, 1.82) is 0 Å². The van der Waals surface area contributed by atoms with Gasteiger partial charge in [0.2, 0.25) is 0 Å². The van der Waals surface area contributed by atoms with Gasteiger partial charge >= 0.3 is 0 Å². The third-order valence-corrected chi connectivity index (χ3v) is 4.16. The molecule has 0 radical (unpaired) electrons. The summed E-state index contributed by atoms with van der Waals surface area (Å²) in [5.74, 6) is 0.749. The summed E-state index contributed by atoms with van der Waals surface area (Å²) in [6, 6.07) is 0.850. The molecule has 114 valence electrons. The summed E-state index contributed by atoms with van der Waals surface area (Å²) in [5.41, 5.74) is 0.387. The molecule has 1 atom stereocenters. The van der Waals surface area contributed by atoms with E-state index in [0.717, 1.165) is 25.0 Å². The molecule has 1 rings (SSSR count). The van der Waals surface area contributed by atoms with Crippen LogP contribution in [0, 0.1) is 11.3 Å². The molecule has 1 N–H and O–H groups in total. The van der Waals surface area contributed by atoms with Gasteiger partial charge in [-0.1, -0.05) is 47.5 Å². The number of hydrogen-bond acceptors (Lipinski definition) is 2. The third-order valence-electron chi connectivity index (χ3n) is 4.16. The predicted molar refractivity (Wildman–Crippen MR) is 85.6 cm³/mol. The standard InChI is InChI=1S/C17H36N2/c1-6-9-16-10-7-8-11-19(16)14-17(4,5)13-18-12-15(2)3/h15-16,18H,6-14H2,1-5H3. The summed E-state index contributed by atoms with van der Waals surface area (Å²) in [5, 5.41) is 3.63. The number of nitrogens with one attached hydrogen (secondary N) is 1. The number of nitrogens with zero attached hydrogens (tertiary/aromatic N) is 1. The van der Waals surface area contributed by atoms with Crippen LogP contribution in [-0.2, 0) is 0 Å². The average molecular weight is 268 g/mol. The van der Waals surface area contributed by atoms with Gasteiger partial charge in [-0.2, -0.15) is 0 Å². The molecule has 2 nitrogen and oxygen atoms in total. The van der Waals surface area contributed by atoms with Crippen LogP contribution in [-0.4, -0.2) is 37.1 Å². The van der Waals surface area contributed by atoms with E-state index in [1.54, 1.807) is 0 Å². The minimum Gasteiger partial charge on any atom is -0.316 e. The van der Waals surface area contributed by atoms with Gasteiger partial charge < -0.3 is 5.32 Å². The summed E-state index contributed by atoms with van der Waals surface area (Å²) in [4.78, 5) is 2.77. The Labute approximate surface area is 121 Å². The zero-order chi connectivity index (χ0) is 14.3. The molecule has 0 aromatic rings. The van der Waals surface area contributed by atoms with Crippen molar-refractivity contribution in [3.05, 3.63) is 0 Å². The van der Waals surface area contributed by atoms with Gasteiger partial charge in [-0.25, -0.2) is 0 Å². The van der Waals surface area contributed by atoms with Crippen molar-refractivity contribution >= 4 is 0 Å². The molecule has 0 aromatic heterocycles. The summed E-state index contributed by atoms with van der Waals surface area (Å²) in [6.07, 6.45) is 6.97. The van der Waals surface area contributed by atoms with Crippen LogP contribution < -0.4 is 5.32 Å². The van der Waals surface area contributed by atoms with Gasteiger partial charge in [-0.15, -0.1) is 0 Å². The first-order chi connectivity index (χ1) is 8.94. The summed E-state index contributed by atoms with van der Waals surface area (Å²) in [7, 11) is 0. The van der Waals surface area contributed by atoms with Crippen LogP contribution in [0.2, 0.25) is 0 Å². The molecule has 0 aliphatic carbocycles. The zero-order valence-electron chi connectivity index (χ0n) is 14.0. The first-order valence-electron chi connectivity index (χ1n) is 8.39. The molecule has 0 saturated carbocycles. The van der Waals surface area contributed by atoms with Gasteiger partial charge in [-0.05, 0) is 43.7 Å². The Bertz CT molecular complexity index is 233. The SMILES string of the molecule is CCCC1CCCCN1CC(C)(C)CNCC(C)C. The molecule has 0 bridgehead atoms. The van der Waals surface area contributed by atoms with E-state index in [2.05, 4.69) is 44.8 Å². The number of likely N-dealkylation sites (tertiary alicyclic amines) is 1. The highest BCUT2D eigenvalue weighted by Crippen LogP contribution is 2.25. The molecular formula is C17H36N2. The molecule has 0 aromatic carbocycles. The summed E-state index contributed by atoms with van der Waals surface area (Å²) in [6.45, 7) is 16.6. The fourth-order valence-corrected chi connectivity index (χ4v) is 3.23. The third kappa shape index (κ3) is 6.76. The second-order valence-electron chi connectivity index (χ2n) is 7.60. The van der Waals surface area contributed by atoms with E-state index in [4.69, 9.17) is 0 Å². The Kier molecular flexibility index (Phi) is 7.38. The van der Waals surface area contributed by atoms with E-state index >= 15 is 0 Å². The molecular weight excluding hydrogens is 232 g/mol. The first-order valence-corrected chi connectivity index (χ1v) is 8.39. The normalized spacial score (nSPS) is 22.1. The molecule has 1 fully saturated rings. The van der Waals surface area contributed by atoms with Crippen LogP contribution in [0.25, 0.3) is 0 Å².